The molecule has 0 unspecified atom stereocenters. The maximum absolute atomic E-state index is 2.62. The quantitative estimate of drug-likeness (QED) is 0.108. The van der Waals surface area contributed by atoms with Crippen LogP contribution in [0.4, 0.5) is 34.1 Å². The Labute approximate surface area is 423 Å². The summed E-state index contributed by atoms with van der Waals surface area (Å²) in [6.07, 6.45) is 6.81. The Morgan fingerprint density at radius 1 is 0.361 bits per heavy atom. The molecule has 0 radical (unpaired) electrons. The molecule has 354 valence electrons. The molecule has 4 heteroatoms. The van der Waals surface area contributed by atoms with Crippen LogP contribution in [0.1, 0.15) is 101 Å². The molecule has 0 bridgehead atoms. The second kappa shape index (κ2) is 17.5. The molecule has 0 saturated carbocycles. The van der Waals surface area contributed by atoms with E-state index in [0.29, 0.717) is 11.8 Å². The number of hydrogen-bond acceptors (Lipinski definition) is 2. The van der Waals surface area contributed by atoms with Crippen LogP contribution in [0.5, 0.6) is 0 Å². The van der Waals surface area contributed by atoms with Crippen molar-refractivity contribution in [2.45, 2.75) is 91.9 Å². The highest BCUT2D eigenvalue weighted by Crippen LogP contribution is 2.51. The zero-order chi connectivity index (χ0) is 48.8. The van der Waals surface area contributed by atoms with Crippen LogP contribution in [0, 0.1) is 0 Å². The van der Waals surface area contributed by atoms with E-state index in [1.807, 2.05) is 0 Å². The summed E-state index contributed by atoms with van der Waals surface area (Å²) < 4.78 is 5.25. The topological polar surface area (TPSA) is 15.3 Å². The first kappa shape index (κ1) is 44.1. The van der Waals surface area contributed by atoms with E-state index in [1.165, 1.54) is 136 Å². The summed E-state index contributed by atoms with van der Waals surface area (Å²) in [4.78, 5) is 4.95. The van der Waals surface area contributed by atoms with Gasteiger partial charge in [-0.1, -0.05) is 151 Å². The van der Waals surface area contributed by atoms with E-state index in [0.717, 1.165) is 35.6 Å². The zero-order valence-corrected chi connectivity index (χ0v) is 42.5. The first-order valence-corrected chi connectivity index (χ1v) is 26.6. The fourth-order valence-corrected chi connectivity index (χ4v) is 12.1. The minimum absolute atomic E-state index is 0.457. The van der Waals surface area contributed by atoms with Crippen LogP contribution in [-0.4, -0.2) is 8.80 Å². The number of unbranched alkanes of at least 4 members (excludes halogenated alkanes) is 2. The second-order valence-electron chi connectivity index (χ2n) is 21.0. The molecule has 4 nitrogen and oxygen atoms in total. The van der Waals surface area contributed by atoms with Crippen molar-refractivity contribution in [1.82, 2.24) is 8.80 Å². The number of aryl methyl sites for hydroxylation is 2. The number of rotatable bonds is 14. The lowest BCUT2D eigenvalue weighted by atomic mass is 10.00. The maximum Gasteiger partial charge on any atom is 0.0641 e. The molecule has 0 atom stereocenters. The van der Waals surface area contributed by atoms with Gasteiger partial charge in [0.2, 0.25) is 0 Å². The third-order valence-electron chi connectivity index (χ3n) is 15.9. The molecule has 0 aliphatic rings. The number of anilines is 6. The number of nitrogens with zero attached hydrogens (tertiary/aromatic N) is 4. The Hall–Kier alpha value is -7.82. The summed E-state index contributed by atoms with van der Waals surface area (Å²) >= 11 is 0. The summed E-state index contributed by atoms with van der Waals surface area (Å²) in [6.45, 7) is 13.7. The van der Waals surface area contributed by atoms with Crippen LogP contribution < -0.4 is 9.80 Å². The number of para-hydroxylation sites is 2. The molecule has 13 rings (SSSR count). The van der Waals surface area contributed by atoms with Gasteiger partial charge in [-0.25, -0.2) is 0 Å². The van der Waals surface area contributed by atoms with Gasteiger partial charge in [-0.2, -0.15) is 0 Å². The van der Waals surface area contributed by atoms with Crippen molar-refractivity contribution in [2.75, 3.05) is 9.80 Å². The van der Waals surface area contributed by atoms with Crippen molar-refractivity contribution >= 4 is 110 Å². The number of fused-ring (bicyclic) bond motifs is 12. The average Bonchev–Trinajstić information content (AvgIpc) is 4.14. The fourth-order valence-electron chi connectivity index (χ4n) is 12.1. The van der Waals surface area contributed by atoms with Crippen molar-refractivity contribution in [2.24, 2.45) is 0 Å². The number of hydrogen-bond donors (Lipinski definition) is 0. The van der Waals surface area contributed by atoms with Crippen LogP contribution in [0.25, 0.3) is 76.2 Å². The lowest BCUT2D eigenvalue weighted by Gasteiger charge is -2.27. The van der Waals surface area contributed by atoms with Crippen molar-refractivity contribution < 1.29 is 0 Å². The Bertz CT molecular complexity index is 3830. The molecule has 4 aromatic heterocycles. The van der Waals surface area contributed by atoms with E-state index in [2.05, 4.69) is 242 Å². The van der Waals surface area contributed by atoms with Crippen molar-refractivity contribution in [3.63, 3.8) is 0 Å². The monoisotopic (exact) mass is 934 g/mol. The molecule has 9 aromatic carbocycles. The number of aromatic nitrogens is 2. The van der Waals surface area contributed by atoms with Gasteiger partial charge >= 0.3 is 0 Å². The molecular weight excluding hydrogens is 873 g/mol. The van der Waals surface area contributed by atoms with Crippen molar-refractivity contribution in [3.8, 4) is 0 Å². The molecule has 0 spiro atoms. The lowest BCUT2D eigenvalue weighted by molar-refractivity contribution is 0.796. The predicted octanol–water partition coefficient (Wildman–Crippen LogP) is 19.9. The highest BCUT2D eigenvalue weighted by atomic mass is 15.2. The van der Waals surface area contributed by atoms with Crippen LogP contribution >= 0.6 is 0 Å². The average molecular weight is 935 g/mol. The van der Waals surface area contributed by atoms with Gasteiger partial charge in [0, 0.05) is 65.8 Å². The third-order valence-corrected chi connectivity index (χ3v) is 15.9. The van der Waals surface area contributed by atoms with Gasteiger partial charge < -0.3 is 18.6 Å². The zero-order valence-electron chi connectivity index (χ0n) is 42.5. The van der Waals surface area contributed by atoms with E-state index in [9.17, 15) is 0 Å². The smallest absolute Gasteiger partial charge is 0.0641 e. The standard InChI is InChI=1S/C68H62N4/c1-7-9-17-45-23-33-55-61(39-45)71-63-41-58-54-36-38-60(70(50-21-15-12-16-22-50)52-31-27-48(28-32-52)44(5)6)66-56-34-24-46(18-10-8-2)40-62(56)72(68(54)66)64(58)42-57(63)53-35-37-59(65(55)67(53)71)69(49-19-13-11-14-20-49)51-29-25-47(26-30-51)43(3)4/h11-16,19-44H,7-10,17-18H2,1-6H3. The van der Waals surface area contributed by atoms with Gasteiger partial charge in [-0.05, 0) is 145 Å². The van der Waals surface area contributed by atoms with E-state index in [4.69, 9.17) is 0 Å². The molecule has 0 N–H and O–H groups in total. The fraction of sp³-hybridized carbons (Fsp3) is 0.206. The van der Waals surface area contributed by atoms with E-state index in [-0.39, 0.29) is 0 Å². The first-order valence-electron chi connectivity index (χ1n) is 26.6. The van der Waals surface area contributed by atoms with E-state index < -0.39 is 0 Å². The van der Waals surface area contributed by atoms with Gasteiger partial charge in [0.25, 0.3) is 0 Å². The van der Waals surface area contributed by atoms with Crippen LogP contribution in [-0.2, 0) is 12.8 Å². The van der Waals surface area contributed by atoms with Crippen LogP contribution in [0.15, 0.2) is 182 Å². The van der Waals surface area contributed by atoms with Crippen LogP contribution in [0.3, 0.4) is 0 Å². The Kier molecular flexibility index (Phi) is 10.7. The number of benzene rings is 9. The van der Waals surface area contributed by atoms with Gasteiger partial charge in [0.15, 0.2) is 0 Å². The Morgan fingerprint density at radius 2 is 0.722 bits per heavy atom. The van der Waals surface area contributed by atoms with Gasteiger partial charge in [-0.15, -0.1) is 0 Å². The lowest BCUT2D eigenvalue weighted by Crippen LogP contribution is -2.10. The molecule has 0 aliphatic heterocycles. The molecule has 4 heterocycles. The highest BCUT2D eigenvalue weighted by Gasteiger charge is 2.28. The largest absolute Gasteiger partial charge is 0.310 e. The molecule has 0 fully saturated rings. The van der Waals surface area contributed by atoms with Crippen molar-refractivity contribution in [3.05, 3.63) is 204 Å². The van der Waals surface area contributed by atoms with Crippen molar-refractivity contribution in [1.29, 1.82) is 0 Å². The van der Waals surface area contributed by atoms with Gasteiger partial charge in [0.05, 0.1) is 44.5 Å². The van der Waals surface area contributed by atoms with Gasteiger partial charge in [-0.3, -0.25) is 0 Å². The summed E-state index contributed by atoms with van der Waals surface area (Å²) in [5.41, 5.74) is 20.1. The molecule has 72 heavy (non-hydrogen) atoms. The second-order valence-corrected chi connectivity index (χ2v) is 21.0. The third kappa shape index (κ3) is 6.86. The minimum Gasteiger partial charge on any atom is -0.310 e. The van der Waals surface area contributed by atoms with Crippen LogP contribution in [0.2, 0.25) is 0 Å². The summed E-state index contributed by atoms with van der Waals surface area (Å²) in [5, 5.41) is 10.3. The highest BCUT2D eigenvalue weighted by molar-refractivity contribution is 6.32. The van der Waals surface area contributed by atoms with E-state index >= 15 is 0 Å². The Balaban J connectivity index is 1.12. The summed E-state index contributed by atoms with van der Waals surface area (Å²) in [6, 6.07) is 69.6. The predicted molar refractivity (Wildman–Crippen MR) is 311 cm³/mol. The minimum atomic E-state index is 0.457. The maximum atomic E-state index is 2.62. The first-order chi connectivity index (χ1) is 35.3. The molecular formula is C68H62N4. The molecule has 13 aromatic rings. The Morgan fingerprint density at radius 3 is 1.10 bits per heavy atom. The SMILES string of the molecule is CCCCc1ccc2c3c(N(c4ccccc4)c4ccc(C(C)C)cc4)ccc4c5cc6c(cc5n(c2c1)c43)c1ccc(N(c2ccccc2)c2ccc(C(C)C)cc2)c2c3ccc(CCCC)cc3n6c12. The molecule has 0 saturated heterocycles. The van der Waals surface area contributed by atoms with E-state index in [1.54, 1.807) is 0 Å². The molecule has 0 aliphatic carbocycles. The summed E-state index contributed by atoms with van der Waals surface area (Å²) in [5.74, 6) is 0.914. The van der Waals surface area contributed by atoms with Gasteiger partial charge in [0.1, 0.15) is 0 Å². The molecule has 0 amide bonds. The summed E-state index contributed by atoms with van der Waals surface area (Å²) in [7, 11) is 0. The normalized spacial score (nSPS) is 12.3.